The molecule has 108 valence electrons. The first kappa shape index (κ1) is 13.7. The standard InChI is InChI=1S/C18H19NO2/c1-21-16-11-9-14(10-12-16)17-8-5-13-19(17)18(20)15-6-3-2-4-7-15/h2-4,6-7,9-12,17H,5,8,13H2,1H3/t17-/m0/s1. The summed E-state index contributed by atoms with van der Waals surface area (Å²) in [5, 5.41) is 0. The number of benzene rings is 2. The van der Waals surface area contributed by atoms with E-state index in [9.17, 15) is 4.79 Å². The molecule has 0 N–H and O–H groups in total. The van der Waals surface area contributed by atoms with Crippen molar-refractivity contribution in [3.63, 3.8) is 0 Å². The Morgan fingerprint density at radius 2 is 1.81 bits per heavy atom. The van der Waals surface area contributed by atoms with Crippen LogP contribution in [0.1, 0.15) is 34.8 Å². The first-order chi connectivity index (χ1) is 10.3. The van der Waals surface area contributed by atoms with E-state index in [0.29, 0.717) is 0 Å². The van der Waals surface area contributed by atoms with Gasteiger partial charge < -0.3 is 9.64 Å². The van der Waals surface area contributed by atoms with Crippen LogP contribution in [0.4, 0.5) is 0 Å². The minimum absolute atomic E-state index is 0.119. The lowest BCUT2D eigenvalue weighted by atomic mass is 10.0. The zero-order valence-electron chi connectivity index (χ0n) is 12.2. The van der Waals surface area contributed by atoms with Gasteiger partial charge in [-0.05, 0) is 42.7 Å². The van der Waals surface area contributed by atoms with Crippen molar-refractivity contribution in [3.05, 3.63) is 65.7 Å². The van der Waals surface area contributed by atoms with Crippen LogP contribution in [-0.2, 0) is 0 Å². The molecular weight excluding hydrogens is 262 g/mol. The van der Waals surface area contributed by atoms with Gasteiger partial charge in [0.25, 0.3) is 5.91 Å². The van der Waals surface area contributed by atoms with Crippen molar-refractivity contribution < 1.29 is 9.53 Å². The molecule has 3 nitrogen and oxygen atoms in total. The number of hydrogen-bond acceptors (Lipinski definition) is 2. The van der Waals surface area contributed by atoms with Crippen molar-refractivity contribution in [1.29, 1.82) is 0 Å². The van der Waals surface area contributed by atoms with Crippen molar-refractivity contribution in [3.8, 4) is 5.75 Å². The second-order valence-electron chi connectivity index (χ2n) is 5.30. The molecule has 2 aromatic rings. The number of carbonyl (C=O) groups excluding carboxylic acids is 1. The first-order valence-electron chi connectivity index (χ1n) is 7.29. The maximum absolute atomic E-state index is 12.7. The SMILES string of the molecule is COc1ccc([C@@H]2CCCN2C(=O)c2ccccc2)cc1. The number of amides is 1. The van der Waals surface area contributed by atoms with E-state index in [1.807, 2.05) is 47.4 Å². The molecule has 0 unspecified atom stereocenters. The van der Waals surface area contributed by atoms with Crippen molar-refractivity contribution in [2.75, 3.05) is 13.7 Å². The van der Waals surface area contributed by atoms with Gasteiger partial charge in [-0.15, -0.1) is 0 Å². The zero-order chi connectivity index (χ0) is 14.7. The summed E-state index contributed by atoms with van der Waals surface area (Å²) >= 11 is 0. The number of rotatable bonds is 3. The Bertz CT molecular complexity index is 607. The fraction of sp³-hybridized carbons (Fsp3) is 0.278. The van der Waals surface area contributed by atoms with Gasteiger partial charge in [0.05, 0.1) is 13.2 Å². The maximum Gasteiger partial charge on any atom is 0.254 e. The number of ether oxygens (including phenoxy) is 1. The molecule has 1 fully saturated rings. The van der Waals surface area contributed by atoms with Crippen molar-refractivity contribution in [1.82, 2.24) is 4.90 Å². The van der Waals surface area contributed by atoms with Gasteiger partial charge in [0.1, 0.15) is 5.75 Å². The van der Waals surface area contributed by atoms with Gasteiger partial charge in [0, 0.05) is 12.1 Å². The van der Waals surface area contributed by atoms with E-state index in [0.717, 1.165) is 30.7 Å². The lowest BCUT2D eigenvalue weighted by molar-refractivity contribution is 0.0735. The average Bonchev–Trinajstić information content (AvgIpc) is 3.04. The Labute approximate surface area is 125 Å². The Morgan fingerprint density at radius 3 is 2.48 bits per heavy atom. The number of nitrogens with zero attached hydrogens (tertiary/aromatic N) is 1. The smallest absolute Gasteiger partial charge is 0.254 e. The summed E-state index contributed by atoms with van der Waals surface area (Å²) in [5.41, 5.74) is 1.94. The molecule has 0 bridgehead atoms. The number of methoxy groups -OCH3 is 1. The first-order valence-corrected chi connectivity index (χ1v) is 7.29. The molecule has 1 atom stereocenters. The zero-order valence-corrected chi connectivity index (χ0v) is 12.2. The van der Waals surface area contributed by atoms with Gasteiger partial charge in [-0.3, -0.25) is 4.79 Å². The predicted octanol–water partition coefficient (Wildman–Crippen LogP) is 3.67. The lowest BCUT2D eigenvalue weighted by Gasteiger charge is -2.25. The number of hydrogen-bond donors (Lipinski definition) is 0. The third kappa shape index (κ3) is 2.77. The summed E-state index contributed by atoms with van der Waals surface area (Å²) in [6.45, 7) is 0.824. The van der Waals surface area contributed by atoms with Crippen LogP contribution in [0.15, 0.2) is 54.6 Å². The molecule has 0 radical (unpaired) electrons. The molecule has 0 aromatic heterocycles. The Kier molecular flexibility index (Phi) is 3.91. The summed E-state index contributed by atoms with van der Waals surface area (Å²) in [5.74, 6) is 0.964. The van der Waals surface area contributed by atoms with Crippen LogP contribution in [0.3, 0.4) is 0 Å². The Balaban J connectivity index is 1.83. The highest BCUT2D eigenvalue weighted by molar-refractivity contribution is 5.94. The second kappa shape index (κ2) is 6.00. The van der Waals surface area contributed by atoms with Gasteiger partial charge in [-0.1, -0.05) is 30.3 Å². The number of likely N-dealkylation sites (tertiary alicyclic amines) is 1. The predicted molar refractivity (Wildman–Crippen MR) is 82.4 cm³/mol. The molecule has 2 aromatic carbocycles. The van der Waals surface area contributed by atoms with E-state index in [-0.39, 0.29) is 11.9 Å². The molecule has 0 saturated carbocycles. The van der Waals surface area contributed by atoms with Crippen molar-refractivity contribution in [2.45, 2.75) is 18.9 Å². The van der Waals surface area contributed by atoms with Crippen LogP contribution < -0.4 is 4.74 Å². The molecule has 0 spiro atoms. The molecule has 1 amide bonds. The van der Waals surface area contributed by atoms with Crippen LogP contribution in [-0.4, -0.2) is 24.5 Å². The molecule has 3 heteroatoms. The minimum atomic E-state index is 0.119. The van der Waals surface area contributed by atoms with E-state index in [1.165, 1.54) is 5.56 Å². The number of carbonyl (C=O) groups is 1. The van der Waals surface area contributed by atoms with Crippen LogP contribution in [0.25, 0.3) is 0 Å². The van der Waals surface area contributed by atoms with Crippen LogP contribution in [0.2, 0.25) is 0 Å². The average molecular weight is 281 g/mol. The fourth-order valence-corrected chi connectivity index (χ4v) is 2.93. The lowest BCUT2D eigenvalue weighted by Crippen LogP contribution is -2.30. The summed E-state index contributed by atoms with van der Waals surface area (Å²) in [4.78, 5) is 14.6. The summed E-state index contributed by atoms with van der Waals surface area (Å²) in [7, 11) is 1.66. The molecule has 1 heterocycles. The largest absolute Gasteiger partial charge is 0.497 e. The molecule has 1 aliphatic rings. The molecule has 21 heavy (non-hydrogen) atoms. The highest BCUT2D eigenvalue weighted by Crippen LogP contribution is 2.33. The van der Waals surface area contributed by atoms with E-state index in [2.05, 4.69) is 12.1 Å². The summed E-state index contributed by atoms with van der Waals surface area (Å²) < 4.78 is 5.19. The third-order valence-electron chi connectivity index (χ3n) is 4.03. The highest BCUT2D eigenvalue weighted by Gasteiger charge is 2.30. The molecular formula is C18H19NO2. The molecule has 1 aliphatic heterocycles. The van der Waals surface area contributed by atoms with Gasteiger partial charge in [-0.2, -0.15) is 0 Å². The third-order valence-corrected chi connectivity index (χ3v) is 4.03. The fourth-order valence-electron chi connectivity index (χ4n) is 2.93. The van der Waals surface area contributed by atoms with Gasteiger partial charge in [0.15, 0.2) is 0 Å². The van der Waals surface area contributed by atoms with Gasteiger partial charge >= 0.3 is 0 Å². The quantitative estimate of drug-likeness (QED) is 0.859. The second-order valence-corrected chi connectivity index (χ2v) is 5.30. The monoisotopic (exact) mass is 281 g/mol. The van der Waals surface area contributed by atoms with E-state index in [1.54, 1.807) is 7.11 Å². The topological polar surface area (TPSA) is 29.5 Å². The van der Waals surface area contributed by atoms with Crippen LogP contribution >= 0.6 is 0 Å². The maximum atomic E-state index is 12.7. The highest BCUT2D eigenvalue weighted by atomic mass is 16.5. The van der Waals surface area contributed by atoms with Crippen LogP contribution in [0.5, 0.6) is 5.75 Å². The van der Waals surface area contributed by atoms with Crippen LogP contribution in [0, 0.1) is 0 Å². The van der Waals surface area contributed by atoms with E-state index in [4.69, 9.17) is 4.74 Å². The summed E-state index contributed by atoms with van der Waals surface area (Å²) in [6, 6.07) is 17.7. The van der Waals surface area contributed by atoms with Gasteiger partial charge in [-0.25, -0.2) is 0 Å². The minimum Gasteiger partial charge on any atom is -0.497 e. The Hall–Kier alpha value is -2.29. The van der Waals surface area contributed by atoms with Gasteiger partial charge in [0.2, 0.25) is 0 Å². The Morgan fingerprint density at radius 1 is 1.10 bits per heavy atom. The van der Waals surface area contributed by atoms with E-state index >= 15 is 0 Å². The summed E-state index contributed by atoms with van der Waals surface area (Å²) in [6.07, 6.45) is 2.07. The normalized spacial score (nSPS) is 17.8. The van der Waals surface area contributed by atoms with Crippen molar-refractivity contribution >= 4 is 5.91 Å². The molecule has 1 saturated heterocycles. The van der Waals surface area contributed by atoms with E-state index < -0.39 is 0 Å². The molecule has 0 aliphatic carbocycles. The molecule has 3 rings (SSSR count). The van der Waals surface area contributed by atoms with Crippen molar-refractivity contribution in [2.24, 2.45) is 0 Å².